The number of halogens is 2. The normalized spacial score (nSPS) is 10.1. The van der Waals surface area contributed by atoms with E-state index >= 15 is 0 Å². The molecule has 0 radical (unpaired) electrons. The Labute approximate surface area is 113 Å². The van der Waals surface area contributed by atoms with E-state index in [4.69, 9.17) is 16.3 Å². The van der Waals surface area contributed by atoms with Crippen LogP contribution in [0.2, 0.25) is 5.02 Å². The number of benzene rings is 1. The topological polar surface area (TPSA) is 22.1 Å². The standard InChI is InChI=1S/C12H9ClINO/c13-10-7-15-6-5-9(10)8-16-12-4-2-1-3-11(12)14/h1-7H,8H2. The minimum atomic E-state index is 0.460. The van der Waals surface area contributed by atoms with E-state index in [2.05, 4.69) is 27.6 Å². The highest BCUT2D eigenvalue weighted by Crippen LogP contribution is 2.22. The Morgan fingerprint density at radius 1 is 1.25 bits per heavy atom. The third-order valence-corrected chi connectivity index (χ3v) is 3.31. The second-order valence-corrected chi connectivity index (χ2v) is 4.76. The first-order chi connectivity index (χ1) is 7.77. The molecule has 0 N–H and O–H groups in total. The molecule has 0 atom stereocenters. The molecule has 16 heavy (non-hydrogen) atoms. The van der Waals surface area contributed by atoms with Crippen LogP contribution in [-0.4, -0.2) is 4.98 Å². The van der Waals surface area contributed by atoms with Crippen molar-refractivity contribution in [2.75, 3.05) is 0 Å². The number of rotatable bonds is 3. The zero-order valence-corrected chi connectivity index (χ0v) is 11.3. The van der Waals surface area contributed by atoms with Gasteiger partial charge in [-0.15, -0.1) is 0 Å². The summed E-state index contributed by atoms with van der Waals surface area (Å²) in [6, 6.07) is 9.73. The number of hydrogen-bond acceptors (Lipinski definition) is 2. The van der Waals surface area contributed by atoms with Gasteiger partial charge in [-0.1, -0.05) is 23.7 Å². The third kappa shape index (κ3) is 2.86. The minimum absolute atomic E-state index is 0.460. The maximum Gasteiger partial charge on any atom is 0.133 e. The summed E-state index contributed by atoms with van der Waals surface area (Å²) in [6.45, 7) is 0.460. The van der Waals surface area contributed by atoms with Crippen LogP contribution in [0.15, 0.2) is 42.7 Å². The fourth-order valence-corrected chi connectivity index (χ4v) is 1.96. The predicted molar refractivity (Wildman–Crippen MR) is 72.7 cm³/mol. The number of pyridine rings is 1. The van der Waals surface area contributed by atoms with Crippen LogP contribution in [0, 0.1) is 3.57 Å². The number of para-hydroxylation sites is 1. The number of aromatic nitrogens is 1. The summed E-state index contributed by atoms with van der Waals surface area (Å²) in [6.07, 6.45) is 3.33. The Kier molecular flexibility index (Phi) is 4.01. The van der Waals surface area contributed by atoms with Crippen LogP contribution in [0.5, 0.6) is 5.75 Å². The minimum Gasteiger partial charge on any atom is -0.488 e. The van der Waals surface area contributed by atoms with Gasteiger partial charge in [-0.05, 0) is 40.8 Å². The van der Waals surface area contributed by atoms with Crippen LogP contribution in [0.3, 0.4) is 0 Å². The van der Waals surface area contributed by atoms with Gasteiger partial charge in [0.15, 0.2) is 0 Å². The summed E-state index contributed by atoms with van der Waals surface area (Å²) < 4.78 is 6.77. The van der Waals surface area contributed by atoms with E-state index in [0.717, 1.165) is 14.9 Å². The summed E-state index contributed by atoms with van der Waals surface area (Å²) in [4.78, 5) is 3.93. The predicted octanol–water partition coefficient (Wildman–Crippen LogP) is 3.92. The van der Waals surface area contributed by atoms with Gasteiger partial charge in [0.25, 0.3) is 0 Å². The van der Waals surface area contributed by atoms with Gasteiger partial charge in [-0.3, -0.25) is 4.98 Å². The van der Waals surface area contributed by atoms with Gasteiger partial charge in [0, 0.05) is 18.0 Å². The molecule has 4 heteroatoms. The Morgan fingerprint density at radius 2 is 2.06 bits per heavy atom. The van der Waals surface area contributed by atoms with Crippen molar-refractivity contribution in [3.8, 4) is 5.75 Å². The summed E-state index contributed by atoms with van der Waals surface area (Å²) >= 11 is 8.23. The van der Waals surface area contributed by atoms with Crippen molar-refractivity contribution in [1.29, 1.82) is 0 Å². The smallest absolute Gasteiger partial charge is 0.133 e. The Morgan fingerprint density at radius 3 is 2.81 bits per heavy atom. The van der Waals surface area contributed by atoms with Crippen molar-refractivity contribution in [2.45, 2.75) is 6.61 Å². The van der Waals surface area contributed by atoms with E-state index in [0.29, 0.717) is 11.6 Å². The zero-order valence-electron chi connectivity index (χ0n) is 8.36. The first-order valence-electron chi connectivity index (χ1n) is 4.73. The lowest BCUT2D eigenvalue weighted by Crippen LogP contribution is -1.97. The summed E-state index contributed by atoms with van der Waals surface area (Å²) in [7, 11) is 0. The maximum absolute atomic E-state index is 5.99. The Bertz CT molecular complexity index is 444. The number of ether oxygens (including phenoxy) is 1. The second-order valence-electron chi connectivity index (χ2n) is 3.19. The van der Waals surface area contributed by atoms with Crippen LogP contribution in [0.25, 0.3) is 0 Å². The fourth-order valence-electron chi connectivity index (χ4n) is 1.24. The van der Waals surface area contributed by atoms with E-state index in [-0.39, 0.29) is 0 Å². The third-order valence-electron chi connectivity index (χ3n) is 2.08. The maximum atomic E-state index is 5.99. The van der Waals surface area contributed by atoms with Crippen molar-refractivity contribution in [3.05, 3.63) is 56.9 Å². The molecule has 1 aromatic carbocycles. The average molecular weight is 346 g/mol. The van der Waals surface area contributed by atoms with Crippen molar-refractivity contribution < 1.29 is 4.74 Å². The molecule has 0 saturated heterocycles. The molecule has 0 aliphatic carbocycles. The summed E-state index contributed by atoms with van der Waals surface area (Å²) in [5, 5.41) is 0.633. The van der Waals surface area contributed by atoms with Gasteiger partial charge in [0.05, 0.1) is 8.59 Å². The van der Waals surface area contributed by atoms with E-state index < -0.39 is 0 Å². The lowest BCUT2D eigenvalue weighted by Gasteiger charge is -2.08. The molecule has 82 valence electrons. The molecule has 0 aliphatic rings. The van der Waals surface area contributed by atoms with Crippen LogP contribution >= 0.6 is 34.2 Å². The molecule has 0 aliphatic heterocycles. The molecule has 0 amide bonds. The molecule has 0 saturated carbocycles. The average Bonchev–Trinajstić information content (AvgIpc) is 2.30. The molecule has 2 nitrogen and oxygen atoms in total. The SMILES string of the molecule is Clc1cnccc1COc1ccccc1I. The molecule has 2 aromatic rings. The fraction of sp³-hybridized carbons (Fsp3) is 0.0833. The van der Waals surface area contributed by atoms with Gasteiger partial charge >= 0.3 is 0 Å². The van der Waals surface area contributed by atoms with Gasteiger partial charge < -0.3 is 4.74 Å². The molecule has 1 aromatic heterocycles. The van der Waals surface area contributed by atoms with E-state index in [9.17, 15) is 0 Å². The van der Waals surface area contributed by atoms with Crippen LogP contribution < -0.4 is 4.74 Å². The van der Waals surface area contributed by atoms with Gasteiger partial charge in [-0.2, -0.15) is 0 Å². The highest BCUT2D eigenvalue weighted by molar-refractivity contribution is 14.1. The first-order valence-corrected chi connectivity index (χ1v) is 6.19. The molecular weight excluding hydrogens is 336 g/mol. The molecule has 0 spiro atoms. The monoisotopic (exact) mass is 345 g/mol. The first kappa shape index (κ1) is 11.7. The van der Waals surface area contributed by atoms with Crippen molar-refractivity contribution >= 4 is 34.2 Å². The van der Waals surface area contributed by atoms with Crippen molar-refractivity contribution in [3.63, 3.8) is 0 Å². The summed E-state index contributed by atoms with van der Waals surface area (Å²) in [5.74, 6) is 0.871. The molecule has 2 rings (SSSR count). The second kappa shape index (κ2) is 5.50. The van der Waals surface area contributed by atoms with E-state index in [1.54, 1.807) is 12.4 Å². The molecular formula is C12H9ClINO. The lowest BCUT2D eigenvalue weighted by molar-refractivity contribution is 0.304. The van der Waals surface area contributed by atoms with Crippen molar-refractivity contribution in [1.82, 2.24) is 4.98 Å². The zero-order chi connectivity index (χ0) is 11.4. The lowest BCUT2D eigenvalue weighted by atomic mass is 10.3. The molecule has 0 bridgehead atoms. The van der Waals surface area contributed by atoms with Gasteiger partial charge in [0.2, 0.25) is 0 Å². The van der Waals surface area contributed by atoms with Crippen LogP contribution in [0.4, 0.5) is 0 Å². The van der Waals surface area contributed by atoms with E-state index in [1.807, 2.05) is 30.3 Å². The van der Waals surface area contributed by atoms with Crippen LogP contribution in [0.1, 0.15) is 5.56 Å². The Balaban J connectivity index is 2.09. The largest absolute Gasteiger partial charge is 0.488 e. The molecule has 0 fully saturated rings. The number of hydrogen-bond donors (Lipinski definition) is 0. The summed E-state index contributed by atoms with van der Waals surface area (Å²) in [5.41, 5.74) is 0.941. The highest BCUT2D eigenvalue weighted by atomic mass is 127. The highest BCUT2D eigenvalue weighted by Gasteiger charge is 2.02. The van der Waals surface area contributed by atoms with Crippen molar-refractivity contribution in [2.24, 2.45) is 0 Å². The number of nitrogens with zero attached hydrogens (tertiary/aromatic N) is 1. The molecule has 0 unspecified atom stereocenters. The van der Waals surface area contributed by atoms with E-state index in [1.165, 1.54) is 0 Å². The quantitative estimate of drug-likeness (QED) is 0.787. The molecule has 1 heterocycles. The Hall–Kier alpha value is -0.810. The van der Waals surface area contributed by atoms with Gasteiger partial charge in [0.1, 0.15) is 12.4 Å². The van der Waals surface area contributed by atoms with Gasteiger partial charge in [-0.25, -0.2) is 0 Å². The van der Waals surface area contributed by atoms with Crippen LogP contribution in [-0.2, 0) is 6.61 Å².